The molecule has 0 bridgehead atoms. The van der Waals surface area contributed by atoms with Gasteiger partial charge in [-0.2, -0.15) is 4.98 Å². The summed E-state index contributed by atoms with van der Waals surface area (Å²) in [7, 11) is 0. The number of rotatable bonds is 3. The smallest absolute Gasteiger partial charge is 0.216 e. The summed E-state index contributed by atoms with van der Waals surface area (Å²) in [5, 5.41) is 3.88. The summed E-state index contributed by atoms with van der Waals surface area (Å²) in [5.41, 5.74) is 2.05. The maximum absolute atomic E-state index is 6.20. The van der Waals surface area contributed by atoms with E-state index in [0.29, 0.717) is 22.2 Å². The van der Waals surface area contributed by atoms with E-state index in [9.17, 15) is 0 Å². The molecule has 3 aromatic rings. The molecule has 0 aliphatic heterocycles. The number of halogens is 2. The van der Waals surface area contributed by atoms with Gasteiger partial charge in [0.1, 0.15) is 0 Å². The number of hydrogen-bond donors (Lipinski definition) is 1. The molecule has 0 aliphatic rings. The van der Waals surface area contributed by atoms with Crippen molar-refractivity contribution in [2.24, 2.45) is 0 Å². The molecular weight excluding hydrogens is 417 g/mol. The third kappa shape index (κ3) is 3.20. The molecule has 6 heteroatoms. The Hall–Kier alpha value is -1.18. The second kappa shape index (κ2) is 6.29. The Bertz CT molecular complexity index is 841. The molecule has 3 rings (SSSR count). The third-order valence-corrected chi connectivity index (χ3v) is 4.79. The van der Waals surface area contributed by atoms with Crippen LogP contribution in [0.15, 0.2) is 48.5 Å². The minimum Gasteiger partial charge on any atom is -0.279 e. The minimum atomic E-state index is 0.518. The van der Waals surface area contributed by atoms with Crippen molar-refractivity contribution in [2.45, 2.75) is 6.54 Å². The Morgan fingerprint density at radius 1 is 1.14 bits per heavy atom. The maximum Gasteiger partial charge on any atom is 0.216 e. The summed E-state index contributed by atoms with van der Waals surface area (Å²) in [4.78, 5) is 4.40. The molecule has 2 aromatic carbocycles. The Morgan fingerprint density at radius 2 is 1.86 bits per heavy atom. The first-order valence-corrected chi connectivity index (χ1v) is 8.17. The first-order valence-electron chi connectivity index (χ1n) is 6.30. The topological polar surface area (TPSA) is 33.6 Å². The highest BCUT2D eigenvalue weighted by atomic mass is 127. The number of aromatic amines is 1. The van der Waals surface area contributed by atoms with Crippen LogP contribution in [0.4, 0.5) is 0 Å². The summed E-state index contributed by atoms with van der Waals surface area (Å²) < 4.78 is 3.57. The van der Waals surface area contributed by atoms with Crippen molar-refractivity contribution in [1.82, 2.24) is 14.8 Å². The molecular formula is C15H11ClIN3S. The number of nitrogens with one attached hydrogen (secondary N) is 1. The zero-order valence-electron chi connectivity index (χ0n) is 10.9. The lowest BCUT2D eigenvalue weighted by Crippen LogP contribution is -2.03. The van der Waals surface area contributed by atoms with Crippen LogP contribution in [0.25, 0.3) is 11.4 Å². The Morgan fingerprint density at radius 3 is 2.62 bits per heavy atom. The predicted octanol–water partition coefficient (Wildman–Crippen LogP) is 4.91. The maximum atomic E-state index is 6.20. The van der Waals surface area contributed by atoms with Gasteiger partial charge in [0, 0.05) is 9.13 Å². The molecule has 0 saturated heterocycles. The van der Waals surface area contributed by atoms with Crippen LogP contribution < -0.4 is 0 Å². The SMILES string of the molecule is S=c1nc(-c2ccccc2Cl)[nH]n1Cc1ccccc1I. The van der Waals surface area contributed by atoms with Crippen molar-refractivity contribution >= 4 is 46.4 Å². The van der Waals surface area contributed by atoms with Gasteiger partial charge in [0.15, 0.2) is 5.82 Å². The fraction of sp³-hybridized carbons (Fsp3) is 0.0667. The van der Waals surface area contributed by atoms with Crippen molar-refractivity contribution in [3.05, 3.63) is 67.5 Å². The molecule has 21 heavy (non-hydrogen) atoms. The summed E-state index contributed by atoms with van der Waals surface area (Å²) in [6, 6.07) is 15.8. The molecule has 106 valence electrons. The van der Waals surface area contributed by atoms with Crippen molar-refractivity contribution < 1.29 is 0 Å². The van der Waals surface area contributed by atoms with Crippen LogP contribution in [0, 0.1) is 8.34 Å². The Labute approximate surface area is 146 Å². The van der Waals surface area contributed by atoms with E-state index in [1.165, 1.54) is 9.13 Å². The molecule has 1 N–H and O–H groups in total. The van der Waals surface area contributed by atoms with Crippen LogP contribution in [0.1, 0.15) is 5.56 Å². The predicted molar refractivity (Wildman–Crippen MR) is 96.1 cm³/mol. The standard InChI is InChI=1S/C15H11ClIN3S/c16-12-7-3-2-6-11(12)14-18-15(21)20(19-14)9-10-5-1-4-8-13(10)17/h1-8H,9H2,(H,18,19,21). The van der Waals surface area contributed by atoms with Crippen LogP contribution in [0.5, 0.6) is 0 Å². The zero-order valence-corrected chi connectivity index (χ0v) is 14.6. The number of aromatic nitrogens is 3. The van der Waals surface area contributed by atoms with Crippen LogP contribution in [-0.2, 0) is 6.54 Å². The average molecular weight is 428 g/mol. The van der Waals surface area contributed by atoms with Gasteiger partial charge in [0.05, 0.1) is 11.6 Å². The molecule has 0 saturated carbocycles. The van der Waals surface area contributed by atoms with Gasteiger partial charge in [-0.25, -0.2) is 0 Å². The van der Waals surface area contributed by atoms with Crippen molar-refractivity contribution in [1.29, 1.82) is 0 Å². The van der Waals surface area contributed by atoms with Gasteiger partial charge in [-0.15, -0.1) is 0 Å². The lowest BCUT2D eigenvalue weighted by molar-refractivity contribution is 0.675. The summed E-state index contributed by atoms with van der Waals surface area (Å²) in [5.74, 6) is 0.691. The van der Waals surface area contributed by atoms with Gasteiger partial charge in [0.2, 0.25) is 4.77 Å². The van der Waals surface area contributed by atoms with E-state index in [2.05, 4.69) is 44.8 Å². The molecule has 0 amide bonds. The molecule has 1 aromatic heterocycles. The molecule has 0 radical (unpaired) electrons. The van der Waals surface area contributed by atoms with Crippen molar-refractivity contribution in [3.63, 3.8) is 0 Å². The van der Waals surface area contributed by atoms with Crippen LogP contribution in [0.2, 0.25) is 5.02 Å². The Balaban J connectivity index is 1.98. The zero-order chi connectivity index (χ0) is 14.8. The summed E-state index contributed by atoms with van der Waals surface area (Å²) in [6.45, 7) is 0.662. The molecule has 0 fully saturated rings. The summed E-state index contributed by atoms with van der Waals surface area (Å²) >= 11 is 13.9. The first kappa shape index (κ1) is 14.7. The normalized spacial score (nSPS) is 10.8. The van der Waals surface area contributed by atoms with Gasteiger partial charge in [-0.05, 0) is 58.6 Å². The van der Waals surface area contributed by atoms with E-state index in [0.717, 1.165) is 5.56 Å². The monoisotopic (exact) mass is 427 g/mol. The minimum absolute atomic E-state index is 0.518. The van der Waals surface area contributed by atoms with Gasteiger partial charge in [-0.1, -0.05) is 41.9 Å². The highest BCUT2D eigenvalue weighted by Gasteiger charge is 2.09. The third-order valence-electron chi connectivity index (χ3n) is 3.09. The lowest BCUT2D eigenvalue weighted by atomic mass is 10.2. The van der Waals surface area contributed by atoms with E-state index in [4.69, 9.17) is 23.8 Å². The largest absolute Gasteiger partial charge is 0.279 e. The number of hydrogen-bond acceptors (Lipinski definition) is 2. The fourth-order valence-corrected chi connectivity index (χ4v) is 3.02. The van der Waals surface area contributed by atoms with E-state index in [-0.39, 0.29) is 0 Å². The van der Waals surface area contributed by atoms with Crippen molar-refractivity contribution in [2.75, 3.05) is 0 Å². The van der Waals surface area contributed by atoms with Crippen molar-refractivity contribution in [3.8, 4) is 11.4 Å². The van der Waals surface area contributed by atoms with Crippen LogP contribution in [0.3, 0.4) is 0 Å². The van der Waals surface area contributed by atoms with Crippen LogP contribution in [-0.4, -0.2) is 14.8 Å². The van der Waals surface area contributed by atoms with Gasteiger partial charge in [-0.3, -0.25) is 9.78 Å². The molecule has 0 atom stereocenters. The van der Waals surface area contributed by atoms with E-state index >= 15 is 0 Å². The van der Waals surface area contributed by atoms with Gasteiger partial charge < -0.3 is 0 Å². The fourth-order valence-electron chi connectivity index (χ4n) is 2.03. The van der Waals surface area contributed by atoms with E-state index in [1.54, 1.807) is 0 Å². The van der Waals surface area contributed by atoms with Gasteiger partial charge >= 0.3 is 0 Å². The average Bonchev–Trinajstić information content (AvgIpc) is 2.83. The molecule has 1 heterocycles. The quantitative estimate of drug-likeness (QED) is 0.476. The Kier molecular flexibility index (Phi) is 4.42. The second-order valence-corrected chi connectivity index (χ2v) is 6.45. The molecule has 3 nitrogen and oxygen atoms in total. The number of nitrogens with zero attached hydrogens (tertiary/aromatic N) is 2. The second-order valence-electron chi connectivity index (χ2n) is 4.51. The highest BCUT2D eigenvalue weighted by Crippen LogP contribution is 2.24. The molecule has 0 aliphatic carbocycles. The van der Waals surface area contributed by atoms with Gasteiger partial charge in [0.25, 0.3) is 0 Å². The van der Waals surface area contributed by atoms with E-state index in [1.807, 2.05) is 41.1 Å². The molecule has 0 spiro atoms. The summed E-state index contributed by atoms with van der Waals surface area (Å²) in [6.07, 6.45) is 0. The molecule has 0 unspecified atom stereocenters. The number of benzene rings is 2. The van der Waals surface area contributed by atoms with Crippen LogP contribution >= 0.6 is 46.4 Å². The first-order chi connectivity index (χ1) is 10.1. The van der Waals surface area contributed by atoms with E-state index < -0.39 is 0 Å². The number of H-pyrrole nitrogens is 1. The lowest BCUT2D eigenvalue weighted by Gasteiger charge is -2.05. The highest BCUT2D eigenvalue weighted by molar-refractivity contribution is 14.1.